The molecule has 19 heavy (non-hydrogen) atoms. The van der Waals surface area contributed by atoms with Crippen molar-refractivity contribution in [1.82, 2.24) is 5.32 Å². The van der Waals surface area contributed by atoms with E-state index in [-0.39, 0.29) is 13.2 Å². The fourth-order valence-corrected chi connectivity index (χ4v) is 1.39. The zero-order chi connectivity index (χ0) is 14.1. The Labute approximate surface area is 120 Å². The van der Waals surface area contributed by atoms with Crippen molar-refractivity contribution in [2.45, 2.75) is 0 Å². The Morgan fingerprint density at radius 1 is 1.37 bits per heavy atom. The maximum atomic E-state index is 11.3. The maximum absolute atomic E-state index is 11.3. The quantitative estimate of drug-likeness (QED) is 0.510. The van der Waals surface area contributed by atoms with Gasteiger partial charge in [0.1, 0.15) is 0 Å². The van der Waals surface area contributed by atoms with E-state index in [2.05, 4.69) is 27.2 Å². The minimum Gasteiger partial charge on any atom is -0.452 e. The molecule has 98 valence electrons. The lowest BCUT2D eigenvalue weighted by Gasteiger charge is -2.01. The van der Waals surface area contributed by atoms with Gasteiger partial charge in [-0.15, -0.1) is 6.42 Å². The molecule has 1 aromatic rings. The molecule has 0 aliphatic carbocycles. The van der Waals surface area contributed by atoms with Crippen LogP contribution in [-0.4, -0.2) is 25.0 Å². The average Bonchev–Trinajstić information content (AvgIpc) is 2.42. The molecule has 0 aromatic heterocycles. The molecule has 0 spiro atoms. The van der Waals surface area contributed by atoms with Crippen molar-refractivity contribution in [2.24, 2.45) is 0 Å². The molecule has 1 amide bonds. The van der Waals surface area contributed by atoms with Gasteiger partial charge in [0, 0.05) is 10.5 Å². The second-order valence-corrected chi connectivity index (χ2v) is 4.39. The summed E-state index contributed by atoms with van der Waals surface area (Å²) in [4.78, 5) is 22.4. The summed E-state index contributed by atoms with van der Waals surface area (Å²) >= 11 is 3.31. The standard InChI is InChI=1S/C14H12BrNO3/c1-2-9-16-13(17)10-19-14(18)8-5-11-3-6-12(15)7-4-11/h1,3-8H,9-10H2,(H,16,17)/b8-5+. The molecule has 0 saturated carbocycles. The molecule has 0 saturated heterocycles. The first-order valence-corrected chi connectivity index (χ1v) is 6.21. The smallest absolute Gasteiger partial charge is 0.331 e. The topological polar surface area (TPSA) is 55.4 Å². The number of rotatable bonds is 5. The van der Waals surface area contributed by atoms with E-state index in [4.69, 9.17) is 11.2 Å². The molecule has 0 aliphatic heterocycles. The first kappa shape index (κ1) is 15.0. The molecule has 5 heteroatoms. The van der Waals surface area contributed by atoms with Crippen LogP contribution in [0.3, 0.4) is 0 Å². The molecule has 0 unspecified atom stereocenters. The van der Waals surface area contributed by atoms with Crippen LogP contribution in [0, 0.1) is 12.3 Å². The Balaban J connectivity index is 2.37. The maximum Gasteiger partial charge on any atom is 0.331 e. The minimum absolute atomic E-state index is 0.116. The Morgan fingerprint density at radius 3 is 2.68 bits per heavy atom. The van der Waals surface area contributed by atoms with Crippen LogP contribution in [0.25, 0.3) is 6.08 Å². The summed E-state index contributed by atoms with van der Waals surface area (Å²) in [5, 5.41) is 2.39. The normalized spacial score (nSPS) is 9.89. The molecule has 0 bridgehead atoms. The Bertz CT molecular complexity index is 514. The fourth-order valence-electron chi connectivity index (χ4n) is 1.12. The molecule has 1 aromatic carbocycles. The second-order valence-electron chi connectivity index (χ2n) is 3.47. The van der Waals surface area contributed by atoms with Gasteiger partial charge in [-0.05, 0) is 23.8 Å². The first-order chi connectivity index (χ1) is 9.11. The Kier molecular flexibility index (Phi) is 6.41. The molecule has 4 nitrogen and oxygen atoms in total. The van der Waals surface area contributed by atoms with E-state index in [9.17, 15) is 9.59 Å². The highest BCUT2D eigenvalue weighted by Gasteiger charge is 2.03. The highest BCUT2D eigenvalue weighted by molar-refractivity contribution is 9.10. The summed E-state index contributed by atoms with van der Waals surface area (Å²) in [6, 6.07) is 7.40. The van der Waals surface area contributed by atoms with E-state index in [1.165, 1.54) is 6.08 Å². The number of benzene rings is 1. The van der Waals surface area contributed by atoms with Gasteiger partial charge < -0.3 is 10.1 Å². The van der Waals surface area contributed by atoms with Gasteiger partial charge >= 0.3 is 5.97 Å². The van der Waals surface area contributed by atoms with Gasteiger partial charge in [-0.25, -0.2) is 4.79 Å². The van der Waals surface area contributed by atoms with E-state index in [0.29, 0.717) is 0 Å². The Hall–Kier alpha value is -2.06. The summed E-state index contributed by atoms with van der Waals surface area (Å²) in [6.45, 7) is -0.226. The molecule has 0 heterocycles. The molecule has 0 fully saturated rings. The lowest BCUT2D eigenvalue weighted by molar-refractivity contribution is -0.143. The summed E-state index contributed by atoms with van der Waals surface area (Å²) in [5.41, 5.74) is 0.858. The number of ether oxygens (including phenoxy) is 1. The van der Waals surface area contributed by atoms with Crippen molar-refractivity contribution in [3.8, 4) is 12.3 Å². The molecule has 0 atom stereocenters. The van der Waals surface area contributed by atoms with E-state index in [1.807, 2.05) is 24.3 Å². The number of amides is 1. The van der Waals surface area contributed by atoms with Crippen molar-refractivity contribution >= 4 is 33.9 Å². The van der Waals surface area contributed by atoms with Crippen molar-refractivity contribution in [3.05, 3.63) is 40.4 Å². The SMILES string of the molecule is C#CCNC(=O)COC(=O)/C=C/c1ccc(Br)cc1. The number of nitrogens with one attached hydrogen (secondary N) is 1. The number of esters is 1. The molecule has 0 aliphatic rings. The highest BCUT2D eigenvalue weighted by atomic mass is 79.9. The number of carbonyl (C=O) groups excluding carboxylic acids is 2. The summed E-state index contributed by atoms with van der Waals surface area (Å²) in [6.07, 6.45) is 7.84. The van der Waals surface area contributed by atoms with Gasteiger partial charge in [0.2, 0.25) is 0 Å². The first-order valence-electron chi connectivity index (χ1n) is 5.42. The number of halogens is 1. The van der Waals surface area contributed by atoms with Gasteiger partial charge in [0.15, 0.2) is 6.61 Å². The summed E-state index contributed by atoms with van der Waals surface area (Å²) in [5.74, 6) is 1.24. The predicted molar refractivity (Wildman–Crippen MR) is 76.0 cm³/mol. The van der Waals surface area contributed by atoms with Crippen molar-refractivity contribution in [1.29, 1.82) is 0 Å². The third-order valence-corrected chi connectivity index (χ3v) is 2.54. The van der Waals surface area contributed by atoms with E-state index >= 15 is 0 Å². The van der Waals surface area contributed by atoms with Gasteiger partial charge in [0.05, 0.1) is 6.54 Å². The lowest BCUT2D eigenvalue weighted by Crippen LogP contribution is -2.28. The van der Waals surface area contributed by atoms with Crippen LogP contribution in [0.2, 0.25) is 0 Å². The minimum atomic E-state index is -0.584. The average molecular weight is 322 g/mol. The van der Waals surface area contributed by atoms with Gasteiger partial charge in [0.25, 0.3) is 5.91 Å². The number of hydrogen-bond donors (Lipinski definition) is 1. The van der Waals surface area contributed by atoms with Gasteiger partial charge in [-0.2, -0.15) is 0 Å². The Morgan fingerprint density at radius 2 is 2.05 bits per heavy atom. The molecule has 1 rings (SSSR count). The molecular weight excluding hydrogens is 310 g/mol. The third-order valence-electron chi connectivity index (χ3n) is 2.02. The summed E-state index contributed by atoms with van der Waals surface area (Å²) < 4.78 is 5.69. The van der Waals surface area contributed by atoms with E-state index in [1.54, 1.807) is 6.08 Å². The van der Waals surface area contributed by atoms with Crippen LogP contribution in [0.4, 0.5) is 0 Å². The fraction of sp³-hybridized carbons (Fsp3) is 0.143. The molecule has 1 N–H and O–H groups in total. The second kappa shape index (κ2) is 8.11. The lowest BCUT2D eigenvalue weighted by atomic mass is 10.2. The largest absolute Gasteiger partial charge is 0.452 e. The number of hydrogen-bond acceptors (Lipinski definition) is 3. The van der Waals surface area contributed by atoms with Crippen LogP contribution in [0.15, 0.2) is 34.8 Å². The monoisotopic (exact) mass is 321 g/mol. The molecular formula is C14H12BrNO3. The predicted octanol–water partition coefficient (Wildman–Crippen LogP) is 1.75. The number of terminal acetylenes is 1. The summed E-state index contributed by atoms with van der Waals surface area (Å²) in [7, 11) is 0. The van der Waals surface area contributed by atoms with Crippen LogP contribution >= 0.6 is 15.9 Å². The van der Waals surface area contributed by atoms with Crippen molar-refractivity contribution < 1.29 is 14.3 Å². The van der Waals surface area contributed by atoms with Crippen molar-refractivity contribution in [2.75, 3.05) is 13.2 Å². The zero-order valence-corrected chi connectivity index (χ0v) is 11.6. The van der Waals surface area contributed by atoms with Gasteiger partial charge in [-0.3, -0.25) is 4.79 Å². The van der Waals surface area contributed by atoms with E-state index < -0.39 is 11.9 Å². The zero-order valence-electron chi connectivity index (χ0n) is 10.1. The van der Waals surface area contributed by atoms with E-state index in [0.717, 1.165) is 10.0 Å². The van der Waals surface area contributed by atoms with Crippen LogP contribution in [0.1, 0.15) is 5.56 Å². The van der Waals surface area contributed by atoms with Crippen LogP contribution in [-0.2, 0) is 14.3 Å². The van der Waals surface area contributed by atoms with Crippen LogP contribution in [0.5, 0.6) is 0 Å². The van der Waals surface area contributed by atoms with Crippen molar-refractivity contribution in [3.63, 3.8) is 0 Å². The highest BCUT2D eigenvalue weighted by Crippen LogP contribution is 2.11. The third kappa shape index (κ3) is 6.43. The molecule has 0 radical (unpaired) electrons. The van der Waals surface area contributed by atoms with Crippen LogP contribution < -0.4 is 5.32 Å². The van der Waals surface area contributed by atoms with Gasteiger partial charge in [-0.1, -0.05) is 34.0 Å². The number of carbonyl (C=O) groups is 2.